The van der Waals surface area contributed by atoms with Crippen LogP contribution in [0.25, 0.3) is 0 Å². The fraction of sp³-hybridized carbons (Fsp3) is 0.500. The number of hydrogen-bond donors (Lipinski definition) is 2. The quantitative estimate of drug-likeness (QED) is 0.673. The Hall–Kier alpha value is -1.05. The van der Waals surface area contributed by atoms with Gasteiger partial charge in [0.15, 0.2) is 6.04 Å². The van der Waals surface area contributed by atoms with Crippen LogP contribution in [0, 0.1) is 0 Å². The van der Waals surface area contributed by atoms with Gasteiger partial charge in [0, 0.05) is 19.0 Å². The number of hydrogen-bond acceptors (Lipinski definition) is 2. The van der Waals surface area contributed by atoms with Gasteiger partial charge in [0.1, 0.15) is 0 Å². The number of alkyl halides is 3. The maximum absolute atomic E-state index is 12.4. The number of carbonyl (C=O) groups excluding carboxylic acids is 1. The summed E-state index contributed by atoms with van der Waals surface area (Å²) in [5.41, 5.74) is -0.673. The first-order valence-corrected chi connectivity index (χ1v) is 6.58. The number of quaternary nitrogens is 1. The van der Waals surface area contributed by atoms with Crippen LogP contribution in [0.2, 0.25) is 5.02 Å². The van der Waals surface area contributed by atoms with E-state index in [0.29, 0.717) is 0 Å². The van der Waals surface area contributed by atoms with Crippen LogP contribution >= 0.6 is 11.6 Å². The van der Waals surface area contributed by atoms with Gasteiger partial charge in [0.05, 0.1) is 29.4 Å². The highest BCUT2D eigenvalue weighted by Gasteiger charge is 2.31. The van der Waals surface area contributed by atoms with E-state index in [0.717, 1.165) is 31.6 Å². The summed E-state index contributed by atoms with van der Waals surface area (Å²) in [5.74, 6) is -0.139. The molecule has 1 aliphatic heterocycles. The Labute approximate surface area is 130 Å². The summed E-state index contributed by atoms with van der Waals surface area (Å²) in [5, 5.41) is 4.48. The lowest BCUT2D eigenvalue weighted by Crippen LogP contribution is -3.00. The summed E-state index contributed by atoms with van der Waals surface area (Å²) in [7, 11) is 0. The van der Waals surface area contributed by atoms with Gasteiger partial charge in [0.2, 0.25) is 0 Å². The summed E-state index contributed by atoms with van der Waals surface area (Å²) >= 11 is 5.76. The molecule has 0 radical (unpaired) electrons. The van der Waals surface area contributed by atoms with Gasteiger partial charge in [-0.2, -0.15) is 13.2 Å². The van der Waals surface area contributed by atoms with Crippen molar-refractivity contribution in [1.82, 2.24) is 10.3 Å². The molecule has 0 aliphatic carbocycles. The van der Waals surface area contributed by atoms with E-state index < -0.39 is 11.7 Å². The first-order chi connectivity index (χ1) is 9.38. The van der Waals surface area contributed by atoms with Crippen LogP contribution in [0.5, 0.6) is 0 Å². The highest BCUT2D eigenvalue weighted by atomic mass is 35.5. The van der Waals surface area contributed by atoms with Crippen LogP contribution in [0.4, 0.5) is 13.2 Å². The molecule has 1 fully saturated rings. The Morgan fingerprint density at radius 1 is 1.52 bits per heavy atom. The second kappa shape index (κ2) is 7.29. The van der Waals surface area contributed by atoms with Crippen molar-refractivity contribution in [1.29, 1.82) is 0 Å². The minimum absolute atomic E-state index is 0. The molecule has 1 amide bonds. The van der Waals surface area contributed by atoms with Gasteiger partial charge in [-0.1, -0.05) is 11.6 Å². The molecular weight excluding hydrogens is 330 g/mol. The standard InChI is InChI=1S/C12H13ClF3N3O.ClH/c13-8-4-7(12(14,15)16)5-18-10(8)6-19-11(20)9-2-1-3-17-9;/h4-5,9,17H,1-3,6H2,(H,19,20);1H/t9-;/m0./s1. The molecule has 2 rings (SSSR count). The van der Waals surface area contributed by atoms with Crippen molar-refractivity contribution in [2.24, 2.45) is 0 Å². The van der Waals surface area contributed by atoms with Crippen LogP contribution in [0.3, 0.4) is 0 Å². The van der Waals surface area contributed by atoms with E-state index in [4.69, 9.17) is 11.6 Å². The number of nitrogens with one attached hydrogen (secondary N) is 1. The predicted octanol–water partition coefficient (Wildman–Crippen LogP) is -1.90. The van der Waals surface area contributed by atoms with Gasteiger partial charge in [-0.15, -0.1) is 0 Å². The van der Waals surface area contributed by atoms with Crippen molar-refractivity contribution in [3.05, 3.63) is 28.5 Å². The van der Waals surface area contributed by atoms with Crippen LogP contribution in [0.1, 0.15) is 24.1 Å². The van der Waals surface area contributed by atoms with Crippen LogP contribution in [-0.2, 0) is 17.5 Å². The Morgan fingerprint density at radius 2 is 2.24 bits per heavy atom. The molecule has 9 heteroatoms. The number of rotatable bonds is 3. The van der Waals surface area contributed by atoms with E-state index in [2.05, 4.69) is 10.3 Å². The first-order valence-electron chi connectivity index (χ1n) is 6.20. The number of pyridine rings is 1. The third-order valence-corrected chi connectivity index (χ3v) is 3.51. The molecule has 4 nitrogen and oxygen atoms in total. The largest absolute Gasteiger partial charge is 1.00 e. The number of nitrogens with zero attached hydrogens (tertiary/aromatic N) is 1. The molecule has 0 spiro atoms. The molecule has 0 saturated carbocycles. The van der Waals surface area contributed by atoms with Crippen LogP contribution in [0.15, 0.2) is 12.3 Å². The normalized spacial score (nSPS) is 18.2. The molecule has 1 atom stereocenters. The van der Waals surface area contributed by atoms with Crippen molar-refractivity contribution in [3.8, 4) is 0 Å². The third kappa shape index (κ3) is 4.72. The molecule has 1 aromatic heterocycles. The van der Waals surface area contributed by atoms with Gasteiger partial charge in [-0.25, -0.2) is 0 Å². The van der Waals surface area contributed by atoms with E-state index in [1.54, 1.807) is 0 Å². The highest BCUT2D eigenvalue weighted by Crippen LogP contribution is 2.30. The van der Waals surface area contributed by atoms with Gasteiger partial charge in [0.25, 0.3) is 5.91 Å². The zero-order valence-corrected chi connectivity index (χ0v) is 12.4. The average Bonchev–Trinajstić information content (AvgIpc) is 2.89. The Morgan fingerprint density at radius 3 is 2.76 bits per heavy atom. The number of nitrogens with two attached hydrogens (primary N) is 1. The number of aromatic nitrogens is 1. The van der Waals surface area contributed by atoms with E-state index in [1.807, 2.05) is 5.32 Å². The maximum Gasteiger partial charge on any atom is 0.417 e. The van der Waals surface area contributed by atoms with Crippen molar-refractivity contribution >= 4 is 17.5 Å². The number of carbonyl (C=O) groups is 1. The molecule has 3 N–H and O–H groups in total. The van der Waals surface area contributed by atoms with Gasteiger partial charge >= 0.3 is 6.18 Å². The Kier molecular flexibility index (Phi) is 6.24. The number of halogens is 5. The SMILES string of the molecule is O=C(NCc1ncc(C(F)(F)F)cc1Cl)[C@@H]1CCC[NH2+]1.[Cl-]. The first kappa shape index (κ1) is 18.0. The van der Waals surface area contributed by atoms with Gasteiger partial charge < -0.3 is 23.0 Å². The average molecular weight is 344 g/mol. The van der Waals surface area contributed by atoms with Crippen molar-refractivity contribution in [2.75, 3.05) is 6.54 Å². The minimum Gasteiger partial charge on any atom is -1.00 e. The summed E-state index contributed by atoms with van der Waals surface area (Å²) in [6.07, 6.45) is -1.97. The molecule has 21 heavy (non-hydrogen) atoms. The van der Waals surface area contributed by atoms with E-state index in [1.165, 1.54) is 0 Å². The summed E-state index contributed by atoms with van der Waals surface area (Å²) < 4.78 is 37.3. The molecule has 1 saturated heterocycles. The fourth-order valence-electron chi connectivity index (χ4n) is 2.07. The predicted molar refractivity (Wildman–Crippen MR) is 65.9 cm³/mol. The number of amides is 1. The summed E-state index contributed by atoms with van der Waals surface area (Å²) in [6, 6.07) is 0.695. The zero-order chi connectivity index (χ0) is 14.8. The molecular formula is C12H14Cl2F3N3O. The smallest absolute Gasteiger partial charge is 0.417 e. The lowest BCUT2D eigenvalue weighted by molar-refractivity contribution is -0.657. The topological polar surface area (TPSA) is 58.6 Å². The van der Waals surface area contributed by atoms with E-state index in [-0.39, 0.29) is 41.6 Å². The molecule has 2 heterocycles. The molecule has 1 aromatic rings. The second-order valence-electron chi connectivity index (χ2n) is 4.64. The van der Waals surface area contributed by atoms with Gasteiger partial charge in [-0.3, -0.25) is 9.78 Å². The fourth-order valence-corrected chi connectivity index (χ4v) is 2.30. The van der Waals surface area contributed by atoms with Gasteiger partial charge in [-0.05, 0) is 6.07 Å². The Balaban J connectivity index is 0.00000220. The lowest BCUT2D eigenvalue weighted by Gasteiger charge is -2.11. The highest BCUT2D eigenvalue weighted by molar-refractivity contribution is 6.31. The molecule has 0 aromatic carbocycles. The third-order valence-electron chi connectivity index (χ3n) is 3.18. The molecule has 1 aliphatic rings. The maximum atomic E-state index is 12.4. The van der Waals surface area contributed by atoms with Crippen LogP contribution < -0.4 is 23.0 Å². The van der Waals surface area contributed by atoms with E-state index in [9.17, 15) is 18.0 Å². The van der Waals surface area contributed by atoms with Crippen molar-refractivity contribution in [3.63, 3.8) is 0 Å². The second-order valence-corrected chi connectivity index (χ2v) is 5.05. The molecule has 118 valence electrons. The lowest BCUT2D eigenvalue weighted by atomic mass is 10.2. The zero-order valence-electron chi connectivity index (χ0n) is 10.9. The van der Waals surface area contributed by atoms with Crippen molar-refractivity contribution in [2.45, 2.75) is 31.6 Å². The molecule has 0 unspecified atom stereocenters. The summed E-state index contributed by atoms with van der Waals surface area (Å²) in [6.45, 7) is 0.942. The minimum atomic E-state index is -4.47. The monoisotopic (exact) mass is 343 g/mol. The van der Waals surface area contributed by atoms with E-state index >= 15 is 0 Å². The molecule has 0 bridgehead atoms. The summed E-state index contributed by atoms with van der Waals surface area (Å²) in [4.78, 5) is 15.4. The van der Waals surface area contributed by atoms with Crippen LogP contribution in [-0.4, -0.2) is 23.5 Å². The Bertz CT molecular complexity index is 505. The van der Waals surface area contributed by atoms with Crippen molar-refractivity contribution < 1.29 is 35.7 Å².